The van der Waals surface area contributed by atoms with Crippen molar-refractivity contribution >= 4 is 0 Å². The molecule has 2 aliphatic carbocycles. The summed E-state index contributed by atoms with van der Waals surface area (Å²) < 4.78 is 5.04. The SMILES string of the molecule is C=CCCC1CCC(C2CCC(/C=C/OC)CC2)CC1. The van der Waals surface area contributed by atoms with E-state index in [1.807, 2.05) is 6.26 Å². The molecule has 0 radical (unpaired) electrons. The normalized spacial score (nSPS) is 35.0. The molecule has 2 aliphatic rings. The zero-order chi connectivity index (χ0) is 14.2. The van der Waals surface area contributed by atoms with E-state index in [0.717, 1.165) is 23.7 Å². The Kier molecular flexibility index (Phi) is 6.69. The number of ether oxygens (including phenoxy) is 1. The zero-order valence-electron chi connectivity index (χ0n) is 13.2. The molecule has 20 heavy (non-hydrogen) atoms. The van der Waals surface area contributed by atoms with Crippen molar-refractivity contribution in [2.45, 2.75) is 64.2 Å². The minimum atomic E-state index is 0.773. The highest BCUT2D eigenvalue weighted by Crippen LogP contribution is 2.42. The third-order valence-electron chi connectivity index (χ3n) is 5.64. The predicted octanol–water partition coefficient (Wildman–Crippen LogP) is 5.73. The summed E-state index contributed by atoms with van der Waals surface area (Å²) in [6.45, 7) is 3.85. The molecule has 0 spiro atoms. The van der Waals surface area contributed by atoms with Crippen molar-refractivity contribution in [1.82, 2.24) is 0 Å². The minimum Gasteiger partial charge on any atom is -0.505 e. The Hall–Kier alpha value is -0.720. The number of allylic oxidation sites excluding steroid dienone is 2. The average Bonchev–Trinajstić information content (AvgIpc) is 2.52. The van der Waals surface area contributed by atoms with E-state index in [2.05, 4.69) is 18.7 Å². The molecule has 2 saturated carbocycles. The van der Waals surface area contributed by atoms with E-state index >= 15 is 0 Å². The van der Waals surface area contributed by atoms with Crippen LogP contribution in [-0.2, 0) is 4.74 Å². The Bertz CT molecular complexity index is 291. The highest BCUT2D eigenvalue weighted by molar-refractivity contribution is 4.89. The standard InChI is InChI=1S/C19H32O/c1-3-4-5-16-6-10-18(11-7-16)19-12-8-17(9-13-19)14-15-20-2/h3,14-19H,1,4-13H2,2H3/b15-14+. The van der Waals surface area contributed by atoms with Crippen molar-refractivity contribution in [1.29, 1.82) is 0 Å². The molecule has 0 unspecified atom stereocenters. The van der Waals surface area contributed by atoms with Crippen molar-refractivity contribution in [3.8, 4) is 0 Å². The first kappa shape index (κ1) is 15.7. The maximum absolute atomic E-state index is 5.04. The Morgan fingerprint density at radius 1 is 0.950 bits per heavy atom. The summed E-state index contributed by atoms with van der Waals surface area (Å²) in [5, 5.41) is 0. The third-order valence-corrected chi connectivity index (χ3v) is 5.64. The van der Waals surface area contributed by atoms with Gasteiger partial charge in [-0.15, -0.1) is 6.58 Å². The molecular formula is C19H32O. The van der Waals surface area contributed by atoms with Crippen molar-refractivity contribution in [3.05, 3.63) is 25.0 Å². The van der Waals surface area contributed by atoms with E-state index in [1.165, 1.54) is 64.2 Å². The van der Waals surface area contributed by atoms with Gasteiger partial charge in [-0.3, -0.25) is 0 Å². The van der Waals surface area contributed by atoms with Crippen LogP contribution in [0.5, 0.6) is 0 Å². The summed E-state index contributed by atoms with van der Waals surface area (Å²) in [6.07, 6.45) is 20.4. The zero-order valence-corrected chi connectivity index (χ0v) is 13.2. The molecule has 2 fully saturated rings. The Morgan fingerprint density at radius 2 is 1.55 bits per heavy atom. The molecule has 0 aromatic carbocycles. The van der Waals surface area contributed by atoms with Gasteiger partial charge in [-0.2, -0.15) is 0 Å². The summed E-state index contributed by atoms with van der Waals surface area (Å²) >= 11 is 0. The van der Waals surface area contributed by atoms with E-state index in [-0.39, 0.29) is 0 Å². The van der Waals surface area contributed by atoms with Crippen LogP contribution in [0.3, 0.4) is 0 Å². The van der Waals surface area contributed by atoms with Crippen LogP contribution in [0.15, 0.2) is 25.0 Å². The predicted molar refractivity (Wildman–Crippen MR) is 86.5 cm³/mol. The molecule has 114 valence electrons. The van der Waals surface area contributed by atoms with Crippen LogP contribution in [0, 0.1) is 23.7 Å². The van der Waals surface area contributed by atoms with Gasteiger partial charge in [-0.1, -0.05) is 18.9 Å². The van der Waals surface area contributed by atoms with E-state index in [9.17, 15) is 0 Å². The largest absolute Gasteiger partial charge is 0.505 e. The first-order valence-corrected chi connectivity index (χ1v) is 8.63. The molecule has 0 aromatic rings. The van der Waals surface area contributed by atoms with E-state index in [0.29, 0.717) is 0 Å². The molecule has 0 heterocycles. The van der Waals surface area contributed by atoms with Crippen molar-refractivity contribution in [3.63, 3.8) is 0 Å². The maximum atomic E-state index is 5.04. The molecule has 0 aromatic heterocycles. The highest BCUT2D eigenvalue weighted by Gasteiger charge is 2.30. The smallest absolute Gasteiger partial charge is 0.0787 e. The van der Waals surface area contributed by atoms with E-state index in [4.69, 9.17) is 4.74 Å². The topological polar surface area (TPSA) is 9.23 Å². The molecular weight excluding hydrogens is 244 g/mol. The van der Waals surface area contributed by atoms with Gasteiger partial charge in [0, 0.05) is 0 Å². The van der Waals surface area contributed by atoms with Crippen LogP contribution in [-0.4, -0.2) is 7.11 Å². The number of hydrogen-bond donors (Lipinski definition) is 0. The van der Waals surface area contributed by atoms with E-state index in [1.54, 1.807) is 7.11 Å². The molecule has 0 bridgehead atoms. The lowest BCUT2D eigenvalue weighted by atomic mass is 9.69. The highest BCUT2D eigenvalue weighted by atomic mass is 16.5. The summed E-state index contributed by atoms with van der Waals surface area (Å²) in [4.78, 5) is 0. The van der Waals surface area contributed by atoms with Gasteiger partial charge in [0.15, 0.2) is 0 Å². The molecule has 0 aliphatic heterocycles. The minimum absolute atomic E-state index is 0.773. The fourth-order valence-electron chi connectivity index (χ4n) is 4.30. The van der Waals surface area contributed by atoms with Gasteiger partial charge in [-0.05, 0) is 81.1 Å². The van der Waals surface area contributed by atoms with Gasteiger partial charge >= 0.3 is 0 Å². The second-order valence-electron chi connectivity index (χ2n) is 6.89. The number of methoxy groups -OCH3 is 1. The van der Waals surface area contributed by atoms with Gasteiger partial charge in [0.2, 0.25) is 0 Å². The lowest BCUT2D eigenvalue weighted by molar-refractivity contribution is 0.152. The van der Waals surface area contributed by atoms with Gasteiger partial charge in [-0.25, -0.2) is 0 Å². The second kappa shape index (κ2) is 8.54. The Morgan fingerprint density at radius 3 is 2.10 bits per heavy atom. The summed E-state index contributed by atoms with van der Waals surface area (Å²) in [5.74, 6) is 3.81. The van der Waals surface area contributed by atoms with Crippen molar-refractivity contribution < 1.29 is 4.74 Å². The van der Waals surface area contributed by atoms with Crippen LogP contribution in [0.25, 0.3) is 0 Å². The quantitative estimate of drug-likeness (QED) is 0.445. The fourth-order valence-corrected chi connectivity index (χ4v) is 4.30. The number of rotatable bonds is 6. The Balaban J connectivity index is 1.67. The Labute approximate surface area is 125 Å². The molecule has 1 nitrogen and oxygen atoms in total. The fraction of sp³-hybridized carbons (Fsp3) is 0.789. The summed E-state index contributed by atoms with van der Waals surface area (Å²) in [6, 6.07) is 0. The molecule has 1 heteroatoms. The van der Waals surface area contributed by atoms with Gasteiger partial charge in [0.05, 0.1) is 13.4 Å². The first-order chi connectivity index (χ1) is 9.83. The lowest BCUT2D eigenvalue weighted by Gasteiger charge is -2.37. The van der Waals surface area contributed by atoms with Crippen molar-refractivity contribution in [2.75, 3.05) is 7.11 Å². The maximum Gasteiger partial charge on any atom is 0.0787 e. The van der Waals surface area contributed by atoms with Gasteiger partial charge in [0.25, 0.3) is 0 Å². The molecule has 0 atom stereocenters. The monoisotopic (exact) mass is 276 g/mol. The van der Waals surface area contributed by atoms with Gasteiger partial charge < -0.3 is 4.74 Å². The second-order valence-corrected chi connectivity index (χ2v) is 6.89. The first-order valence-electron chi connectivity index (χ1n) is 8.63. The van der Waals surface area contributed by atoms with Crippen LogP contribution >= 0.6 is 0 Å². The average molecular weight is 276 g/mol. The van der Waals surface area contributed by atoms with Crippen molar-refractivity contribution in [2.24, 2.45) is 23.7 Å². The van der Waals surface area contributed by atoms with E-state index < -0.39 is 0 Å². The molecule has 0 saturated heterocycles. The van der Waals surface area contributed by atoms with Crippen LogP contribution in [0.1, 0.15) is 64.2 Å². The van der Waals surface area contributed by atoms with Crippen LogP contribution < -0.4 is 0 Å². The molecule has 0 amide bonds. The number of hydrogen-bond acceptors (Lipinski definition) is 1. The summed E-state index contributed by atoms with van der Waals surface area (Å²) in [5.41, 5.74) is 0. The molecule has 2 rings (SSSR count). The van der Waals surface area contributed by atoms with Gasteiger partial charge in [0.1, 0.15) is 0 Å². The summed E-state index contributed by atoms with van der Waals surface area (Å²) in [7, 11) is 1.74. The lowest BCUT2D eigenvalue weighted by Crippen LogP contribution is -2.25. The third kappa shape index (κ3) is 4.68. The van der Waals surface area contributed by atoms with Crippen LogP contribution in [0.2, 0.25) is 0 Å². The van der Waals surface area contributed by atoms with Crippen LogP contribution in [0.4, 0.5) is 0 Å². The molecule has 0 N–H and O–H groups in total.